The summed E-state index contributed by atoms with van der Waals surface area (Å²) in [5.41, 5.74) is 0.920. The van der Waals surface area contributed by atoms with Crippen molar-refractivity contribution in [3.63, 3.8) is 0 Å². The molecule has 0 heterocycles. The molecule has 0 bridgehead atoms. The van der Waals surface area contributed by atoms with Crippen molar-refractivity contribution in [2.75, 3.05) is 6.61 Å². The Bertz CT molecular complexity index is 248. The molecule has 1 atom stereocenters. The summed E-state index contributed by atoms with van der Waals surface area (Å²) in [4.78, 5) is 11.5. The number of rotatable bonds is 2. The van der Waals surface area contributed by atoms with E-state index < -0.39 is 0 Å². The van der Waals surface area contributed by atoms with E-state index >= 15 is 0 Å². The normalized spacial score (nSPS) is 22.6. The van der Waals surface area contributed by atoms with Crippen LogP contribution in [0.1, 0.15) is 46.5 Å². The van der Waals surface area contributed by atoms with Gasteiger partial charge in [0.1, 0.15) is 0 Å². The van der Waals surface area contributed by atoms with Gasteiger partial charge in [-0.3, -0.25) is 4.79 Å². The summed E-state index contributed by atoms with van der Waals surface area (Å²) in [6, 6.07) is 0. The smallest absolute Gasteiger partial charge is 0.311 e. The number of ether oxygens (including phenoxy) is 1. The standard InChI is InChI=1S/C13H22O2/c1-10-6-5-7-11(8-10)9-15-12(14)13(2,3)4/h11H,1,5-9H2,2-4H3. The van der Waals surface area contributed by atoms with Gasteiger partial charge in [-0.25, -0.2) is 0 Å². The summed E-state index contributed by atoms with van der Waals surface area (Å²) in [5, 5.41) is 0. The molecule has 0 aliphatic heterocycles. The summed E-state index contributed by atoms with van der Waals surface area (Å²) in [6.07, 6.45) is 4.52. The van der Waals surface area contributed by atoms with Crippen LogP contribution >= 0.6 is 0 Å². The molecular weight excluding hydrogens is 188 g/mol. The SMILES string of the molecule is C=C1CCCC(COC(=O)C(C)(C)C)C1. The second-order valence-corrected chi connectivity index (χ2v) is 5.56. The molecule has 0 N–H and O–H groups in total. The third-order valence-corrected chi connectivity index (χ3v) is 2.78. The molecule has 86 valence electrons. The van der Waals surface area contributed by atoms with Crippen LogP contribution in [0.4, 0.5) is 0 Å². The van der Waals surface area contributed by atoms with Crippen LogP contribution in [0, 0.1) is 11.3 Å². The third kappa shape index (κ3) is 4.06. The Balaban J connectivity index is 2.31. The van der Waals surface area contributed by atoms with Crippen LogP contribution in [0.5, 0.6) is 0 Å². The van der Waals surface area contributed by atoms with E-state index in [0.717, 1.165) is 19.3 Å². The van der Waals surface area contributed by atoms with Crippen molar-refractivity contribution in [3.8, 4) is 0 Å². The van der Waals surface area contributed by atoms with Crippen molar-refractivity contribution in [1.29, 1.82) is 0 Å². The van der Waals surface area contributed by atoms with Gasteiger partial charge in [-0.05, 0) is 52.4 Å². The maximum absolute atomic E-state index is 11.5. The zero-order chi connectivity index (χ0) is 11.5. The van der Waals surface area contributed by atoms with Gasteiger partial charge in [-0.1, -0.05) is 12.2 Å². The average Bonchev–Trinajstić information content (AvgIpc) is 2.12. The van der Waals surface area contributed by atoms with Crippen molar-refractivity contribution in [2.24, 2.45) is 11.3 Å². The highest BCUT2D eigenvalue weighted by Crippen LogP contribution is 2.28. The molecular formula is C13H22O2. The highest BCUT2D eigenvalue weighted by Gasteiger charge is 2.25. The Kier molecular flexibility index (Phi) is 3.95. The number of esters is 1. The average molecular weight is 210 g/mol. The zero-order valence-corrected chi connectivity index (χ0v) is 10.1. The Morgan fingerprint density at radius 3 is 2.73 bits per heavy atom. The molecule has 1 unspecified atom stereocenters. The molecule has 1 saturated carbocycles. The lowest BCUT2D eigenvalue weighted by Gasteiger charge is -2.25. The van der Waals surface area contributed by atoms with E-state index in [1.807, 2.05) is 20.8 Å². The van der Waals surface area contributed by atoms with Gasteiger partial charge in [0.2, 0.25) is 0 Å². The molecule has 0 amide bonds. The maximum Gasteiger partial charge on any atom is 0.311 e. The Morgan fingerprint density at radius 1 is 1.53 bits per heavy atom. The van der Waals surface area contributed by atoms with E-state index in [-0.39, 0.29) is 11.4 Å². The molecule has 0 saturated heterocycles. The Hall–Kier alpha value is -0.790. The summed E-state index contributed by atoms with van der Waals surface area (Å²) < 4.78 is 5.31. The van der Waals surface area contributed by atoms with Gasteiger partial charge in [0, 0.05) is 0 Å². The highest BCUT2D eigenvalue weighted by atomic mass is 16.5. The van der Waals surface area contributed by atoms with E-state index in [1.54, 1.807) is 0 Å². The predicted molar refractivity (Wildman–Crippen MR) is 61.5 cm³/mol. The Morgan fingerprint density at radius 2 is 2.20 bits per heavy atom. The fraction of sp³-hybridized carbons (Fsp3) is 0.769. The molecule has 0 radical (unpaired) electrons. The molecule has 15 heavy (non-hydrogen) atoms. The molecule has 2 heteroatoms. The quantitative estimate of drug-likeness (QED) is 0.516. The molecule has 1 fully saturated rings. The van der Waals surface area contributed by atoms with E-state index in [0.29, 0.717) is 12.5 Å². The summed E-state index contributed by atoms with van der Waals surface area (Å²) in [6.45, 7) is 10.2. The predicted octanol–water partition coefficient (Wildman–Crippen LogP) is 3.32. The van der Waals surface area contributed by atoms with Gasteiger partial charge < -0.3 is 4.74 Å². The van der Waals surface area contributed by atoms with Crippen LogP contribution in [-0.4, -0.2) is 12.6 Å². The minimum Gasteiger partial charge on any atom is -0.465 e. The highest BCUT2D eigenvalue weighted by molar-refractivity contribution is 5.75. The van der Waals surface area contributed by atoms with Crippen LogP contribution in [0.3, 0.4) is 0 Å². The first-order valence-electron chi connectivity index (χ1n) is 5.73. The van der Waals surface area contributed by atoms with Gasteiger partial charge in [0.15, 0.2) is 0 Å². The second kappa shape index (κ2) is 4.82. The number of allylic oxidation sites excluding steroid dienone is 1. The first-order chi connectivity index (χ1) is 6.89. The van der Waals surface area contributed by atoms with Gasteiger partial charge in [0.25, 0.3) is 0 Å². The fourth-order valence-electron chi connectivity index (χ4n) is 1.81. The van der Waals surface area contributed by atoms with Crippen LogP contribution in [-0.2, 0) is 9.53 Å². The van der Waals surface area contributed by atoms with Gasteiger partial charge in [-0.15, -0.1) is 0 Å². The summed E-state index contributed by atoms with van der Waals surface area (Å²) >= 11 is 0. The number of hydrogen-bond acceptors (Lipinski definition) is 2. The van der Waals surface area contributed by atoms with E-state index in [9.17, 15) is 4.79 Å². The number of carbonyl (C=O) groups excluding carboxylic acids is 1. The summed E-state index contributed by atoms with van der Waals surface area (Å²) in [5.74, 6) is 0.399. The molecule has 0 aromatic carbocycles. The monoisotopic (exact) mass is 210 g/mol. The molecule has 2 nitrogen and oxygen atoms in total. The zero-order valence-electron chi connectivity index (χ0n) is 10.1. The Labute approximate surface area is 92.7 Å². The minimum atomic E-state index is -0.383. The lowest BCUT2D eigenvalue weighted by Crippen LogP contribution is -2.26. The van der Waals surface area contributed by atoms with Crippen molar-refractivity contribution in [3.05, 3.63) is 12.2 Å². The number of hydrogen-bond donors (Lipinski definition) is 0. The molecule has 1 aliphatic rings. The first-order valence-corrected chi connectivity index (χ1v) is 5.73. The molecule has 0 spiro atoms. The largest absolute Gasteiger partial charge is 0.465 e. The van der Waals surface area contributed by atoms with E-state index in [1.165, 1.54) is 12.0 Å². The van der Waals surface area contributed by atoms with Crippen LogP contribution in [0.15, 0.2) is 12.2 Å². The molecule has 1 rings (SSSR count). The van der Waals surface area contributed by atoms with Crippen molar-refractivity contribution < 1.29 is 9.53 Å². The lowest BCUT2D eigenvalue weighted by molar-refractivity contribution is -0.154. The van der Waals surface area contributed by atoms with Gasteiger partial charge >= 0.3 is 5.97 Å². The van der Waals surface area contributed by atoms with Crippen molar-refractivity contribution in [1.82, 2.24) is 0 Å². The van der Waals surface area contributed by atoms with Gasteiger partial charge in [0.05, 0.1) is 12.0 Å². The molecule has 1 aliphatic carbocycles. The fourth-order valence-corrected chi connectivity index (χ4v) is 1.81. The van der Waals surface area contributed by atoms with E-state index in [2.05, 4.69) is 6.58 Å². The lowest BCUT2D eigenvalue weighted by atomic mass is 9.87. The van der Waals surface area contributed by atoms with E-state index in [4.69, 9.17) is 4.74 Å². The third-order valence-electron chi connectivity index (χ3n) is 2.78. The van der Waals surface area contributed by atoms with Crippen molar-refractivity contribution >= 4 is 5.97 Å². The summed E-state index contributed by atoms with van der Waals surface area (Å²) in [7, 11) is 0. The van der Waals surface area contributed by atoms with Crippen LogP contribution < -0.4 is 0 Å². The second-order valence-electron chi connectivity index (χ2n) is 5.56. The number of carbonyl (C=O) groups is 1. The topological polar surface area (TPSA) is 26.3 Å². The van der Waals surface area contributed by atoms with Crippen LogP contribution in [0.2, 0.25) is 0 Å². The minimum absolute atomic E-state index is 0.0984. The molecule has 0 aromatic rings. The maximum atomic E-state index is 11.5. The van der Waals surface area contributed by atoms with Crippen LogP contribution in [0.25, 0.3) is 0 Å². The molecule has 0 aromatic heterocycles. The van der Waals surface area contributed by atoms with Gasteiger partial charge in [-0.2, -0.15) is 0 Å². The van der Waals surface area contributed by atoms with Crippen molar-refractivity contribution in [2.45, 2.75) is 46.5 Å². The first kappa shape index (κ1) is 12.3.